The maximum atomic E-state index is 13.8. The summed E-state index contributed by atoms with van der Waals surface area (Å²) in [5, 5.41) is 29.8. The van der Waals surface area contributed by atoms with Crippen LogP contribution in [0.2, 0.25) is 0 Å². The van der Waals surface area contributed by atoms with Crippen LogP contribution in [0, 0.1) is 29.6 Å². The standard InChI is InChI=1S/C42H49N3O8S/c1-2-25-23-38(54(49,50)51)36-21-31-19-30(22-37-29(24-47)6-3-5-28-20-33(48)13-16-35(28)40(31)52-37)39(36)27-7-11-32(12-8-27)42(17-4-18-46,45-41(43)44)53-34-14-9-26(25)10-15-34/h7-16,20-21,25,29-30,36-40,46-48H,2,4,6,17-19,22-24H2,1H3,(H4,43,44,45)(H,49,50,51)/t25-,29+,30+,36-,37+,38-,39+,40-,42+/m1/s1. The molecule has 0 radical (unpaired) electrons. The molecule has 286 valence electrons. The smallest absolute Gasteiger partial charge is 0.268 e. The van der Waals surface area contributed by atoms with Crippen molar-refractivity contribution in [1.29, 1.82) is 0 Å². The summed E-state index contributed by atoms with van der Waals surface area (Å²) in [6, 6.07) is 20.2. The number of allylic oxidation sites excluding steroid dienone is 1. The number of benzene rings is 3. The lowest BCUT2D eigenvalue weighted by atomic mass is 9.65. The average molecular weight is 756 g/mol. The van der Waals surface area contributed by atoms with E-state index < -0.39 is 39.2 Å². The van der Waals surface area contributed by atoms with E-state index in [0.717, 1.165) is 22.3 Å². The maximum absolute atomic E-state index is 13.8. The van der Waals surface area contributed by atoms with Crippen molar-refractivity contribution in [2.45, 2.75) is 86.9 Å². The fourth-order valence-corrected chi connectivity index (χ4v) is 10.4. The molecule has 10 rings (SSSR count). The average Bonchev–Trinajstić information content (AvgIpc) is 3.23. The van der Waals surface area contributed by atoms with Crippen molar-refractivity contribution in [3.05, 3.63) is 106 Å². The predicted molar refractivity (Wildman–Crippen MR) is 205 cm³/mol. The molecule has 0 spiro atoms. The van der Waals surface area contributed by atoms with Crippen molar-refractivity contribution < 1.29 is 37.8 Å². The molecule has 0 unspecified atom stereocenters. The summed E-state index contributed by atoms with van der Waals surface area (Å²) in [6.07, 6.45) is 3.90. The lowest BCUT2D eigenvalue weighted by Gasteiger charge is -2.41. The molecule has 7 aliphatic rings. The molecule has 9 atom stereocenters. The van der Waals surface area contributed by atoms with Gasteiger partial charge >= 0.3 is 0 Å². The van der Waals surface area contributed by atoms with Gasteiger partial charge in [-0.25, -0.2) is 4.99 Å². The molecule has 54 heavy (non-hydrogen) atoms. The van der Waals surface area contributed by atoms with Crippen LogP contribution in [0.3, 0.4) is 0 Å². The Balaban J connectivity index is 1.46. The second kappa shape index (κ2) is 15.4. The fraction of sp³-hybridized carbons (Fsp3) is 0.452. The van der Waals surface area contributed by atoms with Crippen LogP contribution in [-0.4, -0.2) is 58.8 Å². The molecule has 1 fully saturated rings. The predicted octanol–water partition coefficient (Wildman–Crippen LogP) is 5.36. The number of guanidine groups is 1. The Labute approximate surface area is 316 Å². The number of aliphatic imine (C=N–C) groups is 1. The minimum absolute atomic E-state index is 0.0720. The van der Waals surface area contributed by atoms with Crippen molar-refractivity contribution in [3.63, 3.8) is 0 Å². The lowest BCUT2D eigenvalue weighted by Crippen LogP contribution is -2.39. The molecule has 6 aliphatic heterocycles. The molecule has 8 N–H and O–H groups in total. The zero-order valence-electron chi connectivity index (χ0n) is 30.3. The summed E-state index contributed by atoms with van der Waals surface area (Å²) < 4.78 is 52.3. The first-order valence-corrected chi connectivity index (χ1v) is 20.3. The molecule has 12 heteroatoms. The Hall–Kier alpha value is -4.38. The van der Waals surface area contributed by atoms with Gasteiger partial charge in [0.25, 0.3) is 10.1 Å². The van der Waals surface area contributed by atoms with Gasteiger partial charge in [0.1, 0.15) is 17.6 Å². The second-order valence-corrected chi connectivity index (χ2v) is 16.8. The number of phenolic OH excluding ortho intramolecular Hbond substituents is 1. The molecule has 1 aliphatic carbocycles. The highest BCUT2D eigenvalue weighted by Crippen LogP contribution is 2.54. The number of aliphatic hydroxyl groups is 2. The molecule has 11 nitrogen and oxygen atoms in total. The molecule has 0 saturated carbocycles. The third kappa shape index (κ3) is 7.48. The number of aromatic hydroxyl groups is 1. The van der Waals surface area contributed by atoms with Crippen LogP contribution in [0.1, 0.15) is 97.6 Å². The molecule has 6 heterocycles. The third-order valence-electron chi connectivity index (χ3n) is 11.9. The van der Waals surface area contributed by atoms with E-state index in [2.05, 4.69) is 16.8 Å². The maximum Gasteiger partial charge on any atom is 0.268 e. The lowest BCUT2D eigenvalue weighted by molar-refractivity contribution is -0.0416. The van der Waals surface area contributed by atoms with Gasteiger partial charge in [0.05, 0.1) is 11.4 Å². The summed E-state index contributed by atoms with van der Waals surface area (Å²) in [4.78, 5) is 4.61. The number of fused-ring (bicyclic) bond motifs is 7. The zero-order valence-corrected chi connectivity index (χ0v) is 31.2. The Kier molecular flexibility index (Phi) is 10.8. The first-order chi connectivity index (χ1) is 25.9. The van der Waals surface area contributed by atoms with E-state index in [9.17, 15) is 28.3 Å². The van der Waals surface area contributed by atoms with Gasteiger partial charge in [-0.05, 0) is 90.8 Å². The first kappa shape index (κ1) is 37.9. The van der Waals surface area contributed by atoms with E-state index in [0.29, 0.717) is 49.0 Å². The van der Waals surface area contributed by atoms with Crippen LogP contribution in [-0.2, 0) is 20.6 Å². The molecule has 1 saturated heterocycles. The van der Waals surface area contributed by atoms with Crippen molar-refractivity contribution in [2.75, 3.05) is 13.2 Å². The molecular formula is C42H49N3O8S. The quantitative estimate of drug-likeness (QED) is 0.0600. The largest absolute Gasteiger partial charge is 0.508 e. The Morgan fingerprint density at radius 3 is 2.43 bits per heavy atom. The number of nitrogens with two attached hydrogens (primary N) is 2. The van der Waals surface area contributed by atoms with E-state index in [-0.39, 0.29) is 61.4 Å². The van der Waals surface area contributed by atoms with Crippen molar-refractivity contribution in [2.24, 2.45) is 34.2 Å². The van der Waals surface area contributed by atoms with Gasteiger partial charge in [0.2, 0.25) is 5.72 Å². The molecular weight excluding hydrogens is 707 g/mol. The second-order valence-electron chi connectivity index (χ2n) is 15.2. The normalized spacial score (nSPS) is 30.2. The van der Waals surface area contributed by atoms with Crippen LogP contribution >= 0.6 is 0 Å². The van der Waals surface area contributed by atoms with E-state index in [1.165, 1.54) is 0 Å². The fourth-order valence-electron chi connectivity index (χ4n) is 9.27. The number of nitrogens with zero attached hydrogens (tertiary/aromatic N) is 1. The topological polar surface area (TPSA) is 198 Å². The van der Waals surface area contributed by atoms with Crippen LogP contribution in [0.5, 0.6) is 11.5 Å². The summed E-state index contributed by atoms with van der Waals surface area (Å²) in [7, 11) is -4.61. The van der Waals surface area contributed by atoms with Crippen LogP contribution in [0.25, 0.3) is 0 Å². The van der Waals surface area contributed by atoms with E-state index >= 15 is 0 Å². The van der Waals surface area contributed by atoms with Crippen molar-refractivity contribution in [3.8, 4) is 23.3 Å². The highest BCUT2D eigenvalue weighted by molar-refractivity contribution is 7.86. The number of aliphatic hydroxyl groups excluding tert-OH is 2. The van der Waals surface area contributed by atoms with Crippen LogP contribution in [0.15, 0.2) is 83.4 Å². The first-order valence-electron chi connectivity index (χ1n) is 18.8. The van der Waals surface area contributed by atoms with Gasteiger partial charge in [-0.3, -0.25) is 4.55 Å². The molecule has 0 aromatic heterocycles. The molecule has 0 amide bonds. The van der Waals surface area contributed by atoms with Crippen molar-refractivity contribution >= 4 is 16.1 Å². The molecule has 3 aromatic carbocycles. The van der Waals surface area contributed by atoms with Crippen molar-refractivity contribution in [1.82, 2.24) is 0 Å². The van der Waals surface area contributed by atoms with Gasteiger partial charge in [-0.1, -0.05) is 67.3 Å². The summed E-state index contributed by atoms with van der Waals surface area (Å²) >= 11 is 0. The Morgan fingerprint density at radius 1 is 1.02 bits per heavy atom. The number of rotatable bonds is 7. The Bertz CT molecular complexity index is 2070. The summed E-state index contributed by atoms with van der Waals surface area (Å²) in [5.41, 5.74) is 15.3. The van der Waals surface area contributed by atoms with E-state index in [1.807, 2.05) is 67.6 Å². The van der Waals surface area contributed by atoms with Gasteiger partial charge < -0.3 is 36.3 Å². The molecule has 8 bridgehead atoms. The molecule has 3 aromatic rings. The van der Waals surface area contributed by atoms with Crippen LogP contribution in [0.4, 0.5) is 0 Å². The number of hydrogen-bond donors (Lipinski definition) is 6. The summed E-state index contributed by atoms with van der Waals surface area (Å²) in [5.74, 6) is 5.11. The Morgan fingerprint density at radius 2 is 1.76 bits per heavy atom. The minimum Gasteiger partial charge on any atom is -0.508 e. The van der Waals surface area contributed by atoms with Gasteiger partial charge in [0, 0.05) is 54.6 Å². The highest BCUT2D eigenvalue weighted by atomic mass is 32.2. The minimum atomic E-state index is -4.61. The van der Waals surface area contributed by atoms with Gasteiger partial charge in [-0.15, -0.1) is 0 Å². The SMILES string of the molecule is CC[C@@H]1C[C@@H](S(=O)(=O)O)[C@H]2C=C3C[C@@H](C[C@@H]4O[C@H]3c3ccc(O)cc3C#CC[C@H]4CO)[C@@H]2c2ccc(cc2)[C@@](CCCO)(N=C(N)N)Oc2ccc1cc2. The van der Waals surface area contributed by atoms with E-state index in [1.54, 1.807) is 12.1 Å². The third-order valence-corrected chi connectivity index (χ3v) is 13.1. The van der Waals surface area contributed by atoms with E-state index in [4.69, 9.17) is 20.9 Å². The zero-order chi connectivity index (χ0) is 38.2. The van der Waals surface area contributed by atoms with Crippen LogP contribution < -0.4 is 16.2 Å². The highest BCUT2D eigenvalue weighted by Gasteiger charge is 2.48. The van der Waals surface area contributed by atoms with Gasteiger partial charge in [-0.2, -0.15) is 8.42 Å². The monoisotopic (exact) mass is 755 g/mol. The number of ether oxygens (including phenoxy) is 2. The number of hydrogen-bond acceptors (Lipinski definition) is 8. The summed E-state index contributed by atoms with van der Waals surface area (Å²) in [6.45, 7) is 1.76. The number of phenols is 1. The van der Waals surface area contributed by atoms with Gasteiger partial charge in [0.15, 0.2) is 5.96 Å².